The van der Waals surface area contributed by atoms with Crippen molar-refractivity contribution in [2.75, 3.05) is 0 Å². The van der Waals surface area contributed by atoms with Gasteiger partial charge >= 0.3 is 0 Å². The van der Waals surface area contributed by atoms with Crippen molar-refractivity contribution in [3.8, 4) is 0 Å². The van der Waals surface area contributed by atoms with Gasteiger partial charge in [-0.2, -0.15) is 0 Å². The van der Waals surface area contributed by atoms with Crippen LogP contribution in [0, 0.1) is 22.0 Å². The number of hydrogen-bond donors (Lipinski definition) is 3. The first-order valence-corrected chi connectivity index (χ1v) is 7.44. The van der Waals surface area contributed by atoms with Crippen LogP contribution in [0.4, 0.5) is 5.69 Å². The summed E-state index contributed by atoms with van der Waals surface area (Å²) in [5.41, 5.74) is 7.87. The van der Waals surface area contributed by atoms with Crippen LogP contribution in [0.5, 0.6) is 0 Å². The quantitative estimate of drug-likeness (QED) is 0.325. The highest BCUT2D eigenvalue weighted by atomic mass is 16.6. The Labute approximate surface area is 132 Å². The number of amides is 1. The van der Waals surface area contributed by atoms with E-state index in [4.69, 9.17) is 10.9 Å². The maximum Gasteiger partial charge on any atom is 0.269 e. The van der Waals surface area contributed by atoms with E-state index in [1.54, 1.807) is 5.48 Å². The lowest BCUT2D eigenvalue weighted by atomic mass is 9.73. The number of carbonyl (C=O) groups excluding carboxylic acids is 2. The molecule has 2 rings (SSSR count). The van der Waals surface area contributed by atoms with E-state index in [1.807, 2.05) is 0 Å². The second-order valence-corrected chi connectivity index (χ2v) is 5.72. The Bertz CT molecular complexity index is 602. The van der Waals surface area contributed by atoms with Crippen LogP contribution in [0.2, 0.25) is 0 Å². The normalized spacial score (nSPS) is 22.2. The van der Waals surface area contributed by atoms with Gasteiger partial charge in [0, 0.05) is 23.6 Å². The van der Waals surface area contributed by atoms with Gasteiger partial charge in [-0.3, -0.25) is 24.9 Å². The smallest absolute Gasteiger partial charge is 0.269 e. The summed E-state index contributed by atoms with van der Waals surface area (Å²) in [6.45, 7) is 0. The first kappa shape index (κ1) is 17.0. The summed E-state index contributed by atoms with van der Waals surface area (Å²) in [6.07, 6.45) is 2.89. The van der Waals surface area contributed by atoms with E-state index < -0.39 is 22.8 Å². The van der Waals surface area contributed by atoms with Crippen LogP contribution < -0.4 is 11.2 Å². The van der Waals surface area contributed by atoms with E-state index in [9.17, 15) is 19.7 Å². The average molecular weight is 321 g/mol. The Balaban J connectivity index is 2.16. The SMILES string of the molecule is NC(C(=O)c1ccc([N+](=O)[O-])cc1)C1CCCCC1C(=O)NO. The van der Waals surface area contributed by atoms with Crippen molar-refractivity contribution in [1.82, 2.24) is 5.48 Å². The van der Waals surface area contributed by atoms with E-state index in [0.717, 1.165) is 12.8 Å². The molecule has 0 aliphatic heterocycles. The molecule has 1 saturated carbocycles. The molecular formula is C15H19N3O5. The van der Waals surface area contributed by atoms with Crippen LogP contribution in [0.15, 0.2) is 24.3 Å². The lowest BCUT2D eigenvalue weighted by Gasteiger charge is -2.33. The highest BCUT2D eigenvalue weighted by molar-refractivity contribution is 6.00. The predicted octanol–water partition coefficient (Wildman–Crippen LogP) is 1.42. The fourth-order valence-electron chi connectivity index (χ4n) is 3.13. The summed E-state index contributed by atoms with van der Waals surface area (Å²) < 4.78 is 0. The first-order valence-electron chi connectivity index (χ1n) is 7.44. The van der Waals surface area contributed by atoms with E-state index in [-0.39, 0.29) is 23.0 Å². The Kier molecular flexibility index (Phi) is 5.41. The van der Waals surface area contributed by atoms with Crippen LogP contribution in [-0.4, -0.2) is 27.9 Å². The van der Waals surface area contributed by atoms with Crippen molar-refractivity contribution in [3.05, 3.63) is 39.9 Å². The van der Waals surface area contributed by atoms with Gasteiger partial charge < -0.3 is 5.73 Å². The molecule has 23 heavy (non-hydrogen) atoms. The Hall–Kier alpha value is -2.32. The lowest BCUT2D eigenvalue weighted by molar-refractivity contribution is -0.384. The molecule has 3 unspecified atom stereocenters. The topological polar surface area (TPSA) is 136 Å². The van der Waals surface area contributed by atoms with Crippen molar-refractivity contribution < 1.29 is 19.7 Å². The maximum atomic E-state index is 12.5. The zero-order valence-corrected chi connectivity index (χ0v) is 12.5. The van der Waals surface area contributed by atoms with Crippen LogP contribution in [0.1, 0.15) is 36.0 Å². The van der Waals surface area contributed by atoms with Crippen molar-refractivity contribution in [1.29, 1.82) is 0 Å². The molecule has 0 heterocycles. The molecule has 1 amide bonds. The number of nitro benzene ring substituents is 1. The number of Topliss-reactive ketones (excluding diaryl/α,β-unsaturated/α-hetero) is 1. The number of carbonyl (C=O) groups is 2. The highest BCUT2D eigenvalue weighted by Crippen LogP contribution is 2.33. The number of ketones is 1. The first-order chi connectivity index (χ1) is 11.0. The van der Waals surface area contributed by atoms with E-state index in [0.29, 0.717) is 12.8 Å². The Morgan fingerprint density at radius 3 is 2.43 bits per heavy atom. The third-order valence-corrected chi connectivity index (χ3v) is 4.39. The zero-order valence-electron chi connectivity index (χ0n) is 12.5. The van der Waals surface area contributed by atoms with Crippen molar-refractivity contribution in [2.24, 2.45) is 17.6 Å². The molecule has 1 aliphatic rings. The molecule has 1 aromatic carbocycles. The standard InChI is InChI=1S/C15H19N3O5/c16-13(11-3-1-2-4-12(11)15(20)17-21)14(19)9-5-7-10(8-6-9)18(22)23/h5-8,11-13,21H,1-4,16H2,(H,17,20). The van der Waals surface area contributed by atoms with E-state index in [1.165, 1.54) is 24.3 Å². The largest absolute Gasteiger partial charge is 0.321 e. The highest BCUT2D eigenvalue weighted by Gasteiger charge is 2.37. The molecule has 4 N–H and O–H groups in total. The predicted molar refractivity (Wildman–Crippen MR) is 80.8 cm³/mol. The number of rotatable bonds is 5. The number of nitrogens with zero attached hydrogens (tertiary/aromatic N) is 1. The van der Waals surface area contributed by atoms with Crippen molar-refractivity contribution in [2.45, 2.75) is 31.7 Å². The summed E-state index contributed by atoms with van der Waals surface area (Å²) in [5, 5.41) is 19.5. The molecule has 0 radical (unpaired) electrons. The molecule has 0 aromatic heterocycles. The summed E-state index contributed by atoms with van der Waals surface area (Å²) in [5.74, 6) is -1.76. The molecule has 1 fully saturated rings. The molecular weight excluding hydrogens is 302 g/mol. The number of nitrogens with one attached hydrogen (secondary N) is 1. The van der Waals surface area contributed by atoms with Crippen LogP contribution >= 0.6 is 0 Å². The molecule has 8 nitrogen and oxygen atoms in total. The molecule has 0 saturated heterocycles. The van der Waals surface area contributed by atoms with Gasteiger partial charge in [-0.1, -0.05) is 12.8 Å². The van der Waals surface area contributed by atoms with Gasteiger partial charge in [0.25, 0.3) is 5.69 Å². The molecule has 3 atom stereocenters. The van der Waals surface area contributed by atoms with Gasteiger partial charge in [0.15, 0.2) is 5.78 Å². The summed E-state index contributed by atoms with van der Waals surface area (Å²) in [6, 6.07) is 4.34. The summed E-state index contributed by atoms with van der Waals surface area (Å²) >= 11 is 0. The minimum absolute atomic E-state index is 0.106. The van der Waals surface area contributed by atoms with Gasteiger partial charge in [0.05, 0.1) is 11.0 Å². The third-order valence-electron chi connectivity index (χ3n) is 4.39. The average Bonchev–Trinajstić information content (AvgIpc) is 2.59. The summed E-state index contributed by atoms with van der Waals surface area (Å²) in [7, 11) is 0. The maximum absolute atomic E-state index is 12.5. The second kappa shape index (κ2) is 7.30. The van der Waals surface area contributed by atoms with E-state index in [2.05, 4.69) is 0 Å². The zero-order chi connectivity index (χ0) is 17.0. The molecule has 8 heteroatoms. The van der Waals surface area contributed by atoms with Gasteiger partial charge in [0.1, 0.15) is 0 Å². The number of nitrogens with two attached hydrogens (primary N) is 1. The lowest BCUT2D eigenvalue weighted by Crippen LogP contribution is -2.47. The molecule has 124 valence electrons. The van der Waals surface area contributed by atoms with Crippen molar-refractivity contribution in [3.63, 3.8) is 0 Å². The fourth-order valence-corrected chi connectivity index (χ4v) is 3.13. The van der Waals surface area contributed by atoms with Gasteiger partial charge in [-0.25, -0.2) is 5.48 Å². The van der Waals surface area contributed by atoms with Crippen molar-refractivity contribution >= 4 is 17.4 Å². The minimum Gasteiger partial charge on any atom is -0.321 e. The number of hydroxylamine groups is 1. The molecule has 0 spiro atoms. The Morgan fingerprint density at radius 2 is 1.87 bits per heavy atom. The van der Waals surface area contributed by atoms with Gasteiger partial charge in [0.2, 0.25) is 5.91 Å². The number of hydrogen-bond acceptors (Lipinski definition) is 6. The van der Waals surface area contributed by atoms with Crippen LogP contribution in [-0.2, 0) is 4.79 Å². The van der Waals surface area contributed by atoms with E-state index >= 15 is 0 Å². The number of non-ortho nitro benzene ring substituents is 1. The minimum atomic E-state index is -0.890. The number of benzene rings is 1. The monoisotopic (exact) mass is 321 g/mol. The van der Waals surface area contributed by atoms with Gasteiger partial charge in [-0.05, 0) is 30.9 Å². The second-order valence-electron chi connectivity index (χ2n) is 5.72. The fraction of sp³-hybridized carbons (Fsp3) is 0.467. The van der Waals surface area contributed by atoms with Crippen LogP contribution in [0.3, 0.4) is 0 Å². The number of nitro groups is 1. The van der Waals surface area contributed by atoms with Gasteiger partial charge in [-0.15, -0.1) is 0 Å². The molecule has 1 aromatic rings. The molecule has 0 bridgehead atoms. The Morgan fingerprint density at radius 1 is 1.26 bits per heavy atom. The summed E-state index contributed by atoms with van der Waals surface area (Å²) in [4.78, 5) is 34.3. The third kappa shape index (κ3) is 3.72. The van der Waals surface area contributed by atoms with Crippen LogP contribution in [0.25, 0.3) is 0 Å². The molecule has 1 aliphatic carbocycles.